The predicted octanol–water partition coefficient (Wildman–Crippen LogP) is 0.878. The molecular weight excluding hydrogens is 195 g/mol. The van der Waals surface area contributed by atoms with Gasteiger partial charge in [-0.1, -0.05) is 6.92 Å². The molecule has 0 aliphatic rings. The number of halogens is 3. The van der Waals surface area contributed by atoms with Gasteiger partial charge in [-0.05, 0) is 6.42 Å². The van der Waals surface area contributed by atoms with Crippen LogP contribution in [-0.2, 0) is 10.0 Å². The van der Waals surface area contributed by atoms with E-state index in [1.54, 1.807) is 6.92 Å². The zero-order valence-corrected chi connectivity index (χ0v) is 7.30. The molecule has 0 radical (unpaired) electrons. The third-order valence-electron chi connectivity index (χ3n) is 0.926. The molecule has 0 rings (SSSR count). The number of nitrogens with one attached hydrogen (secondary N) is 1. The van der Waals surface area contributed by atoms with E-state index in [-0.39, 0.29) is 6.54 Å². The van der Waals surface area contributed by atoms with E-state index in [1.807, 2.05) is 4.72 Å². The largest absolute Gasteiger partial charge is 0.404 e. The third kappa shape index (κ3) is 6.41. The van der Waals surface area contributed by atoms with Crippen LogP contribution in [0.5, 0.6) is 0 Å². The van der Waals surface area contributed by atoms with Gasteiger partial charge in [-0.25, -0.2) is 13.1 Å². The lowest BCUT2D eigenvalue weighted by molar-refractivity contribution is -0.106. The quantitative estimate of drug-likeness (QED) is 0.740. The molecular formula is C5H10F3NO2S. The second-order valence-corrected chi connectivity index (χ2v) is 4.08. The Bertz CT molecular complexity index is 221. The molecule has 0 saturated heterocycles. The minimum atomic E-state index is -4.67. The van der Waals surface area contributed by atoms with Gasteiger partial charge in [0.2, 0.25) is 10.0 Å². The van der Waals surface area contributed by atoms with Crippen LogP contribution in [0.2, 0.25) is 0 Å². The molecule has 0 aromatic carbocycles. The fraction of sp³-hybridized carbons (Fsp3) is 1.00. The van der Waals surface area contributed by atoms with E-state index < -0.39 is 22.0 Å². The molecule has 0 aromatic heterocycles. The van der Waals surface area contributed by atoms with E-state index in [0.29, 0.717) is 6.42 Å². The fourth-order valence-corrected chi connectivity index (χ4v) is 1.57. The molecule has 12 heavy (non-hydrogen) atoms. The molecule has 74 valence electrons. The van der Waals surface area contributed by atoms with Crippen molar-refractivity contribution in [2.24, 2.45) is 0 Å². The normalized spacial score (nSPS) is 13.3. The summed E-state index contributed by atoms with van der Waals surface area (Å²) < 4.78 is 57.6. The van der Waals surface area contributed by atoms with E-state index in [9.17, 15) is 21.6 Å². The Morgan fingerprint density at radius 1 is 1.33 bits per heavy atom. The molecule has 0 unspecified atom stereocenters. The van der Waals surface area contributed by atoms with Crippen LogP contribution in [0.25, 0.3) is 0 Å². The maximum atomic E-state index is 11.6. The zero-order valence-electron chi connectivity index (χ0n) is 6.48. The molecule has 0 amide bonds. The minimum absolute atomic E-state index is 0.0401. The smallest absolute Gasteiger partial charge is 0.215 e. The minimum Gasteiger partial charge on any atom is -0.215 e. The van der Waals surface area contributed by atoms with Crippen molar-refractivity contribution >= 4 is 10.0 Å². The number of rotatable bonds is 4. The highest BCUT2D eigenvalue weighted by Gasteiger charge is 2.34. The number of hydrogen-bond donors (Lipinski definition) is 1. The van der Waals surface area contributed by atoms with Gasteiger partial charge in [-0.15, -0.1) is 0 Å². The van der Waals surface area contributed by atoms with Gasteiger partial charge >= 0.3 is 6.18 Å². The van der Waals surface area contributed by atoms with Gasteiger partial charge in [-0.3, -0.25) is 0 Å². The topological polar surface area (TPSA) is 46.2 Å². The SMILES string of the molecule is CCCNS(=O)(=O)CC(F)(F)F. The summed E-state index contributed by atoms with van der Waals surface area (Å²) in [5.74, 6) is -1.81. The summed E-state index contributed by atoms with van der Waals surface area (Å²) in [7, 11) is -4.18. The summed E-state index contributed by atoms with van der Waals surface area (Å²) in [4.78, 5) is 0. The first-order chi connectivity index (χ1) is 5.27. The Morgan fingerprint density at radius 3 is 2.17 bits per heavy atom. The van der Waals surface area contributed by atoms with Gasteiger partial charge in [0.1, 0.15) is 0 Å². The maximum Gasteiger partial charge on any atom is 0.404 e. The first-order valence-electron chi connectivity index (χ1n) is 3.31. The summed E-state index contributed by atoms with van der Waals surface area (Å²) in [5, 5.41) is 0. The van der Waals surface area contributed by atoms with E-state index in [2.05, 4.69) is 0 Å². The molecule has 0 saturated carbocycles. The first kappa shape index (κ1) is 11.7. The Kier molecular flexibility index (Phi) is 3.98. The molecule has 0 aromatic rings. The first-order valence-corrected chi connectivity index (χ1v) is 4.96. The lowest BCUT2D eigenvalue weighted by Gasteiger charge is -2.07. The summed E-state index contributed by atoms with van der Waals surface area (Å²) >= 11 is 0. The average molecular weight is 205 g/mol. The van der Waals surface area contributed by atoms with E-state index in [0.717, 1.165) is 0 Å². The fourth-order valence-electron chi connectivity index (χ4n) is 0.524. The molecule has 3 nitrogen and oxygen atoms in total. The predicted molar refractivity (Wildman–Crippen MR) is 38.1 cm³/mol. The highest BCUT2D eigenvalue weighted by atomic mass is 32.2. The maximum absolute atomic E-state index is 11.6. The standard InChI is InChI=1S/C5H10F3NO2S/c1-2-3-9-12(10,11)4-5(6,7)8/h9H,2-4H2,1H3. The van der Waals surface area contributed by atoms with Gasteiger partial charge < -0.3 is 0 Å². The summed E-state index contributed by atoms with van der Waals surface area (Å²) in [5.41, 5.74) is 0. The van der Waals surface area contributed by atoms with Crippen molar-refractivity contribution in [2.75, 3.05) is 12.3 Å². The van der Waals surface area contributed by atoms with Crippen molar-refractivity contribution in [1.82, 2.24) is 4.72 Å². The van der Waals surface area contributed by atoms with Gasteiger partial charge in [0.05, 0.1) is 0 Å². The lowest BCUT2D eigenvalue weighted by Crippen LogP contribution is -2.33. The molecule has 0 bridgehead atoms. The Morgan fingerprint density at radius 2 is 1.83 bits per heavy atom. The summed E-state index contributed by atoms with van der Waals surface area (Å²) in [6, 6.07) is 0. The molecule has 0 spiro atoms. The average Bonchev–Trinajstić information content (AvgIpc) is 1.78. The molecule has 0 atom stereocenters. The van der Waals surface area contributed by atoms with Crippen LogP contribution in [0.3, 0.4) is 0 Å². The molecule has 0 heterocycles. The highest BCUT2D eigenvalue weighted by Crippen LogP contribution is 2.16. The molecule has 0 aliphatic carbocycles. The lowest BCUT2D eigenvalue weighted by atomic mass is 10.5. The highest BCUT2D eigenvalue weighted by molar-refractivity contribution is 7.89. The summed E-state index contributed by atoms with van der Waals surface area (Å²) in [6.07, 6.45) is -4.20. The Labute approximate surface area is 69.0 Å². The molecule has 0 aliphatic heterocycles. The van der Waals surface area contributed by atoms with Crippen LogP contribution >= 0.6 is 0 Å². The number of alkyl halides is 3. The number of sulfonamides is 1. The molecule has 7 heteroatoms. The zero-order chi connectivity index (χ0) is 9.83. The van der Waals surface area contributed by atoms with Crippen molar-refractivity contribution in [1.29, 1.82) is 0 Å². The van der Waals surface area contributed by atoms with Crippen molar-refractivity contribution in [3.8, 4) is 0 Å². The third-order valence-corrected chi connectivity index (χ3v) is 2.28. The Balaban J connectivity index is 4.06. The van der Waals surface area contributed by atoms with Crippen molar-refractivity contribution < 1.29 is 21.6 Å². The van der Waals surface area contributed by atoms with Gasteiger partial charge in [0.15, 0.2) is 5.75 Å². The summed E-state index contributed by atoms with van der Waals surface area (Å²) in [6.45, 7) is 1.70. The van der Waals surface area contributed by atoms with Crippen molar-refractivity contribution in [3.63, 3.8) is 0 Å². The second-order valence-electron chi connectivity index (χ2n) is 2.27. The van der Waals surface area contributed by atoms with Crippen molar-refractivity contribution in [2.45, 2.75) is 19.5 Å². The van der Waals surface area contributed by atoms with Gasteiger partial charge in [-0.2, -0.15) is 13.2 Å². The van der Waals surface area contributed by atoms with Crippen LogP contribution in [-0.4, -0.2) is 26.9 Å². The van der Waals surface area contributed by atoms with E-state index in [4.69, 9.17) is 0 Å². The second kappa shape index (κ2) is 4.08. The van der Waals surface area contributed by atoms with E-state index >= 15 is 0 Å². The van der Waals surface area contributed by atoms with Crippen LogP contribution in [0.4, 0.5) is 13.2 Å². The van der Waals surface area contributed by atoms with Crippen LogP contribution < -0.4 is 4.72 Å². The van der Waals surface area contributed by atoms with E-state index in [1.165, 1.54) is 0 Å². The van der Waals surface area contributed by atoms with Crippen LogP contribution in [0, 0.1) is 0 Å². The van der Waals surface area contributed by atoms with Gasteiger partial charge in [0.25, 0.3) is 0 Å². The Hall–Kier alpha value is -0.300. The van der Waals surface area contributed by atoms with Crippen LogP contribution in [0.1, 0.15) is 13.3 Å². The van der Waals surface area contributed by atoms with Crippen LogP contribution in [0.15, 0.2) is 0 Å². The number of hydrogen-bond acceptors (Lipinski definition) is 2. The monoisotopic (exact) mass is 205 g/mol. The molecule has 1 N–H and O–H groups in total. The van der Waals surface area contributed by atoms with Gasteiger partial charge in [0, 0.05) is 6.54 Å². The molecule has 0 fully saturated rings. The van der Waals surface area contributed by atoms with Crippen molar-refractivity contribution in [3.05, 3.63) is 0 Å².